The Morgan fingerprint density at radius 2 is 1.93 bits per heavy atom. The number of nitrogens with zero attached hydrogens (tertiary/aromatic N) is 2. The topological polar surface area (TPSA) is 109 Å². The van der Waals surface area contributed by atoms with Crippen molar-refractivity contribution >= 4 is 29.4 Å². The van der Waals surface area contributed by atoms with Crippen LogP contribution in [0.2, 0.25) is 0 Å². The molecule has 0 spiro atoms. The Hall–Kier alpha value is -3.40. The van der Waals surface area contributed by atoms with Crippen LogP contribution in [-0.4, -0.2) is 40.0 Å². The molecule has 0 saturated heterocycles. The van der Waals surface area contributed by atoms with Crippen LogP contribution in [0.15, 0.2) is 53.7 Å². The minimum absolute atomic E-state index is 0.0152. The standard InChI is InChI=1S/C18H16FN5O3S/c1-27-12-8-6-11(7-9-12)16-22-18(24-23-16)28-10-15(25)21-17(26)20-14-5-3-2-4-13(14)19/h2-9H,10H2,1H3,(H,22,23,24)(H2,20,21,25,26). The van der Waals surface area contributed by atoms with Gasteiger partial charge in [0.15, 0.2) is 5.82 Å². The van der Waals surface area contributed by atoms with E-state index >= 15 is 0 Å². The Labute approximate surface area is 163 Å². The molecule has 0 saturated carbocycles. The number of hydrogen-bond acceptors (Lipinski definition) is 6. The molecule has 8 nitrogen and oxygen atoms in total. The summed E-state index contributed by atoms with van der Waals surface area (Å²) in [7, 11) is 1.58. The highest BCUT2D eigenvalue weighted by Gasteiger charge is 2.13. The highest BCUT2D eigenvalue weighted by atomic mass is 32.2. The van der Waals surface area contributed by atoms with Crippen LogP contribution in [0.4, 0.5) is 14.9 Å². The smallest absolute Gasteiger partial charge is 0.325 e. The highest BCUT2D eigenvalue weighted by Crippen LogP contribution is 2.21. The third-order valence-corrected chi connectivity index (χ3v) is 4.38. The maximum absolute atomic E-state index is 13.5. The molecule has 1 aromatic heterocycles. The van der Waals surface area contributed by atoms with Crippen LogP contribution < -0.4 is 15.4 Å². The van der Waals surface area contributed by atoms with Gasteiger partial charge >= 0.3 is 6.03 Å². The Balaban J connectivity index is 1.50. The molecule has 3 amide bonds. The van der Waals surface area contributed by atoms with E-state index < -0.39 is 17.8 Å². The predicted octanol–water partition coefficient (Wildman–Crippen LogP) is 3.06. The van der Waals surface area contributed by atoms with Crippen LogP contribution in [0, 0.1) is 5.82 Å². The summed E-state index contributed by atoms with van der Waals surface area (Å²) in [6, 6.07) is 12.1. The van der Waals surface area contributed by atoms with Crippen LogP contribution >= 0.6 is 11.8 Å². The number of carbonyl (C=O) groups is 2. The number of aromatic nitrogens is 3. The quantitative estimate of drug-likeness (QED) is 0.548. The zero-order chi connectivity index (χ0) is 19.9. The van der Waals surface area contributed by atoms with E-state index in [4.69, 9.17) is 4.74 Å². The number of H-pyrrole nitrogens is 1. The predicted molar refractivity (Wildman–Crippen MR) is 103 cm³/mol. The van der Waals surface area contributed by atoms with E-state index in [1.54, 1.807) is 25.3 Å². The number of ether oxygens (including phenoxy) is 1. The Bertz CT molecular complexity index is 977. The number of aromatic amines is 1. The molecule has 1 heterocycles. The third kappa shape index (κ3) is 5.07. The molecule has 0 aliphatic carbocycles. The van der Waals surface area contributed by atoms with Crippen LogP contribution in [-0.2, 0) is 4.79 Å². The molecule has 0 unspecified atom stereocenters. The molecule has 3 rings (SSSR count). The number of thioether (sulfide) groups is 1. The van der Waals surface area contributed by atoms with Gasteiger partial charge in [0.2, 0.25) is 11.1 Å². The van der Waals surface area contributed by atoms with E-state index in [-0.39, 0.29) is 11.4 Å². The number of imide groups is 1. The van der Waals surface area contributed by atoms with Crippen molar-refractivity contribution in [2.24, 2.45) is 0 Å². The first-order valence-corrected chi connectivity index (χ1v) is 9.08. The number of methoxy groups -OCH3 is 1. The minimum Gasteiger partial charge on any atom is -0.497 e. The second-order valence-electron chi connectivity index (χ2n) is 5.47. The summed E-state index contributed by atoms with van der Waals surface area (Å²) >= 11 is 1.06. The van der Waals surface area contributed by atoms with Crippen LogP contribution in [0.1, 0.15) is 0 Å². The van der Waals surface area contributed by atoms with Gasteiger partial charge in [-0.15, -0.1) is 5.10 Å². The van der Waals surface area contributed by atoms with E-state index in [0.29, 0.717) is 11.0 Å². The fourth-order valence-corrected chi connectivity index (χ4v) is 2.80. The first kappa shape index (κ1) is 19.4. The summed E-state index contributed by atoms with van der Waals surface area (Å²) in [6.07, 6.45) is 0. The average molecular weight is 401 g/mol. The van der Waals surface area contributed by atoms with Crippen LogP contribution in [0.3, 0.4) is 0 Å². The monoisotopic (exact) mass is 401 g/mol. The van der Waals surface area contributed by atoms with Gasteiger partial charge in [0.1, 0.15) is 11.6 Å². The maximum atomic E-state index is 13.5. The number of rotatable bonds is 6. The molecule has 0 aliphatic rings. The molecule has 10 heteroatoms. The van der Waals surface area contributed by atoms with Gasteiger partial charge < -0.3 is 10.1 Å². The summed E-state index contributed by atoms with van der Waals surface area (Å²) in [4.78, 5) is 27.9. The molecule has 28 heavy (non-hydrogen) atoms. The van der Waals surface area contributed by atoms with Gasteiger partial charge in [-0.05, 0) is 36.4 Å². The Morgan fingerprint density at radius 1 is 1.18 bits per heavy atom. The summed E-state index contributed by atoms with van der Waals surface area (Å²) < 4.78 is 18.6. The Morgan fingerprint density at radius 3 is 2.64 bits per heavy atom. The van der Waals surface area contributed by atoms with Crippen molar-refractivity contribution in [2.75, 3.05) is 18.2 Å². The molecule has 3 aromatic rings. The van der Waals surface area contributed by atoms with Crippen molar-refractivity contribution in [1.82, 2.24) is 20.5 Å². The SMILES string of the molecule is COc1ccc(-c2nc(SCC(=O)NC(=O)Nc3ccccc3F)n[nH]2)cc1. The number of urea groups is 1. The lowest BCUT2D eigenvalue weighted by Gasteiger charge is -2.06. The largest absolute Gasteiger partial charge is 0.497 e. The molecule has 144 valence electrons. The third-order valence-electron chi connectivity index (χ3n) is 3.54. The minimum atomic E-state index is -0.815. The van der Waals surface area contributed by atoms with E-state index in [1.165, 1.54) is 18.2 Å². The molecule has 3 N–H and O–H groups in total. The zero-order valence-electron chi connectivity index (χ0n) is 14.7. The van der Waals surface area contributed by atoms with Crippen LogP contribution in [0.5, 0.6) is 5.75 Å². The Kier molecular flexibility index (Phi) is 6.22. The van der Waals surface area contributed by atoms with E-state index in [9.17, 15) is 14.0 Å². The first-order valence-electron chi connectivity index (χ1n) is 8.10. The average Bonchev–Trinajstić information content (AvgIpc) is 3.17. The van der Waals surface area contributed by atoms with Crippen molar-refractivity contribution in [1.29, 1.82) is 0 Å². The highest BCUT2D eigenvalue weighted by molar-refractivity contribution is 7.99. The number of nitrogens with one attached hydrogen (secondary N) is 3. The summed E-state index contributed by atoms with van der Waals surface area (Å²) in [5, 5.41) is 11.6. The summed E-state index contributed by atoms with van der Waals surface area (Å²) in [6.45, 7) is 0. The van der Waals surface area contributed by atoms with E-state index in [2.05, 4.69) is 25.8 Å². The van der Waals surface area contributed by atoms with Crippen LogP contribution in [0.25, 0.3) is 11.4 Å². The van der Waals surface area contributed by atoms with Gasteiger partial charge in [-0.3, -0.25) is 15.2 Å². The molecule has 0 bridgehead atoms. The molecule has 0 aliphatic heterocycles. The number of benzene rings is 2. The number of hydrogen-bond donors (Lipinski definition) is 3. The molecule has 2 aromatic carbocycles. The summed E-state index contributed by atoms with van der Waals surface area (Å²) in [5.41, 5.74) is 0.799. The number of carbonyl (C=O) groups excluding carboxylic acids is 2. The van der Waals surface area contributed by atoms with Crippen molar-refractivity contribution in [3.63, 3.8) is 0 Å². The second kappa shape index (κ2) is 9.00. The van der Waals surface area contributed by atoms with E-state index in [1.807, 2.05) is 12.1 Å². The number of amides is 3. The number of anilines is 1. The fraction of sp³-hybridized carbons (Fsp3) is 0.111. The number of para-hydroxylation sites is 1. The lowest BCUT2D eigenvalue weighted by atomic mass is 10.2. The van der Waals surface area contributed by atoms with Gasteiger partial charge in [-0.1, -0.05) is 23.9 Å². The normalized spacial score (nSPS) is 10.4. The van der Waals surface area contributed by atoms with E-state index in [0.717, 1.165) is 23.1 Å². The maximum Gasteiger partial charge on any atom is 0.325 e. The van der Waals surface area contributed by atoms with Crippen molar-refractivity contribution in [2.45, 2.75) is 5.16 Å². The summed E-state index contributed by atoms with van der Waals surface area (Å²) in [5.74, 6) is 0.0388. The second-order valence-corrected chi connectivity index (χ2v) is 6.41. The molecule has 0 atom stereocenters. The molecule has 0 radical (unpaired) electrons. The van der Waals surface area contributed by atoms with Gasteiger partial charge in [0.25, 0.3) is 0 Å². The molecule has 0 fully saturated rings. The molecular weight excluding hydrogens is 385 g/mol. The fourth-order valence-electron chi connectivity index (χ4n) is 2.20. The zero-order valence-corrected chi connectivity index (χ0v) is 15.5. The van der Waals surface area contributed by atoms with Crippen molar-refractivity contribution in [3.05, 3.63) is 54.3 Å². The number of halogens is 1. The van der Waals surface area contributed by atoms with Gasteiger partial charge in [0, 0.05) is 5.56 Å². The van der Waals surface area contributed by atoms with Gasteiger partial charge in [0.05, 0.1) is 18.6 Å². The van der Waals surface area contributed by atoms with Gasteiger partial charge in [-0.2, -0.15) is 0 Å². The van der Waals surface area contributed by atoms with Gasteiger partial charge in [-0.25, -0.2) is 14.2 Å². The van der Waals surface area contributed by atoms with Crippen molar-refractivity contribution in [3.8, 4) is 17.1 Å². The lowest BCUT2D eigenvalue weighted by Crippen LogP contribution is -2.35. The van der Waals surface area contributed by atoms with Crippen molar-refractivity contribution < 1.29 is 18.7 Å². The first-order chi connectivity index (χ1) is 13.5. The lowest BCUT2D eigenvalue weighted by molar-refractivity contribution is -0.117. The molecular formula is C18H16FN5O3S.